The summed E-state index contributed by atoms with van der Waals surface area (Å²) < 4.78 is 16.8. The first-order chi connectivity index (χ1) is 13.7. The molecule has 0 radical (unpaired) electrons. The summed E-state index contributed by atoms with van der Waals surface area (Å²) in [6, 6.07) is 16.5. The highest BCUT2D eigenvalue weighted by Gasteiger charge is 2.41. The molecule has 0 N–H and O–H groups in total. The molecule has 1 saturated carbocycles. The quantitative estimate of drug-likeness (QED) is 0.752. The topological polar surface area (TPSA) is 61.8 Å². The van der Waals surface area contributed by atoms with Crippen LogP contribution in [0.5, 0.6) is 5.75 Å². The molecule has 2 aromatic carbocycles. The van der Waals surface area contributed by atoms with E-state index in [1.54, 1.807) is 30.5 Å². The number of ketones is 1. The molecule has 2 aliphatic rings. The van der Waals surface area contributed by atoms with Crippen molar-refractivity contribution in [2.45, 2.75) is 31.5 Å². The minimum atomic E-state index is -0.413. The summed E-state index contributed by atoms with van der Waals surface area (Å²) in [5.74, 6) is -0.0114. The van der Waals surface area contributed by atoms with E-state index in [1.807, 2.05) is 30.3 Å². The minimum Gasteiger partial charge on any atom is -0.496 e. The number of allylic oxidation sites excluding steroid dienone is 1. The van der Waals surface area contributed by atoms with Crippen LogP contribution >= 0.6 is 0 Å². The number of hydrogen-bond donors (Lipinski definition) is 0. The second-order valence-corrected chi connectivity index (χ2v) is 7.08. The Morgan fingerprint density at radius 1 is 1.04 bits per heavy atom. The number of ether oxygens (including phenoxy) is 3. The third kappa shape index (κ3) is 3.52. The molecule has 144 valence electrons. The van der Waals surface area contributed by atoms with Crippen LogP contribution in [-0.4, -0.2) is 31.1 Å². The number of methoxy groups -OCH3 is 1. The summed E-state index contributed by atoms with van der Waals surface area (Å²) in [5, 5.41) is 0. The predicted octanol–water partition coefficient (Wildman–Crippen LogP) is 4.03. The molecule has 28 heavy (non-hydrogen) atoms. The summed E-state index contributed by atoms with van der Waals surface area (Å²) >= 11 is 0. The molecule has 5 heteroatoms. The van der Waals surface area contributed by atoms with Crippen LogP contribution in [0, 0.1) is 5.92 Å². The maximum Gasteiger partial charge on any atom is 0.342 e. The molecule has 3 unspecified atom stereocenters. The van der Waals surface area contributed by atoms with E-state index in [1.165, 1.54) is 7.11 Å². The lowest BCUT2D eigenvalue weighted by atomic mass is 9.78. The van der Waals surface area contributed by atoms with Crippen molar-refractivity contribution in [1.29, 1.82) is 0 Å². The van der Waals surface area contributed by atoms with Gasteiger partial charge in [0, 0.05) is 6.42 Å². The molecule has 0 spiro atoms. The predicted molar refractivity (Wildman–Crippen MR) is 104 cm³/mol. The Morgan fingerprint density at radius 3 is 2.57 bits per heavy atom. The number of fused-ring (bicyclic) bond motifs is 1. The first-order valence-electron chi connectivity index (χ1n) is 9.46. The molecule has 0 amide bonds. The fourth-order valence-electron chi connectivity index (χ4n) is 3.92. The second kappa shape index (κ2) is 7.89. The number of carbonyl (C=O) groups is 2. The Bertz CT molecular complexity index is 902. The van der Waals surface area contributed by atoms with Crippen molar-refractivity contribution in [3.8, 4) is 5.75 Å². The van der Waals surface area contributed by atoms with Crippen LogP contribution in [0.15, 0.2) is 60.9 Å². The van der Waals surface area contributed by atoms with Gasteiger partial charge in [-0.1, -0.05) is 42.5 Å². The second-order valence-electron chi connectivity index (χ2n) is 7.08. The smallest absolute Gasteiger partial charge is 0.342 e. The standard InChI is InChI=1S/C23H22O5/c1-26-20-10-6-5-9-18(20)23(25)28-16-11-12-17-21(13-16)27-14-19(22(17)24)15-7-3-2-4-8-15/h2-10,14,16-17,21H,11-13H2,1H3. The monoisotopic (exact) mass is 378 g/mol. The van der Waals surface area contributed by atoms with Crippen LogP contribution in [0.2, 0.25) is 0 Å². The van der Waals surface area contributed by atoms with Gasteiger partial charge in [0.15, 0.2) is 5.78 Å². The molecule has 2 aromatic rings. The summed E-state index contributed by atoms with van der Waals surface area (Å²) in [6.07, 6.45) is 2.80. The first-order valence-corrected chi connectivity index (χ1v) is 9.46. The number of benzene rings is 2. The zero-order valence-electron chi connectivity index (χ0n) is 15.7. The third-order valence-corrected chi connectivity index (χ3v) is 5.39. The van der Waals surface area contributed by atoms with Crippen LogP contribution < -0.4 is 4.74 Å². The first kappa shape index (κ1) is 18.3. The van der Waals surface area contributed by atoms with Gasteiger partial charge in [0.25, 0.3) is 0 Å². The van der Waals surface area contributed by atoms with E-state index in [4.69, 9.17) is 14.2 Å². The van der Waals surface area contributed by atoms with Crippen LogP contribution in [0.25, 0.3) is 5.57 Å². The Labute approximate surface area is 163 Å². The number of rotatable bonds is 4. The molecule has 1 aliphatic heterocycles. The average molecular weight is 378 g/mol. The maximum absolute atomic E-state index is 12.9. The highest BCUT2D eigenvalue weighted by Crippen LogP contribution is 2.37. The molecule has 1 aliphatic carbocycles. The van der Waals surface area contributed by atoms with E-state index in [0.717, 1.165) is 5.56 Å². The van der Waals surface area contributed by atoms with Crippen LogP contribution in [-0.2, 0) is 14.3 Å². The highest BCUT2D eigenvalue weighted by molar-refractivity contribution is 6.22. The molecule has 1 fully saturated rings. The molecule has 0 aromatic heterocycles. The zero-order valence-corrected chi connectivity index (χ0v) is 15.7. The summed E-state index contributed by atoms with van der Waals surface area (Å²) in [7, 11) is 1.52. The zero-order chi connectivity index (χ0) is 19.5. The van der Waals surface area contributed by atoms with E-state index in [-0.39, 0.29) is 23.9 Å². The molecule has 0 bridgehead atoms. The van der Waals surface area contributed by atoms with E-state index in [2.05, 4.69) is 0 Å². The third-order valence-electron chi connectivity index (χ3n) is 5.39. The number of Topliss-reactive ketones (excluding diaryl/α,β-unsaturated/α-hetero) is 1. The molecule has 4 rings (SSSR count). The summed E-state index contributed by atoms with van der Waals surface area (Å²) in [6.45, 7) is 0. The van der Waals surface area contributed by atoms with Gasteiger partial charge >= 0.3 is 5.97 Å². The van der Waals surface area contributed by atoms with Gasteiger partial charge in [0.1, 0.15) is 23.5 Å². The Morgan fingerprint density at radius 2 is 1.79 bits per heavy atom. The Hall–Kier alpha value is -3.08. The molecule has 0 saturated heterocycles. The molecule has 1 heterocycles. The van der Waals surface area contributed by atoms with Crippen molar-refractivity contribution in [2.24, 2.45) is 5.92 Å². The van der Waals surface area contributed by atoms with Crippen LogP contribution in [0.1, 0.15) is 35.2 Å². The fraction of sp³-hybridized carbons (Fsp3) is 0.304. The van der Waals surface area contributed by atoms with Crippen molar-refractivity contribution in [3.05, 3.63) is 72.0 Å². The normalized spacial score (nSPS) is 23.8. The van der Waals surface area contributed by atoms with Crippen molar-refractivity contribution in [2.75, 3.05) is 7.11 Å². The number of hydrogen-bond acceptors (Lipinski definition) is 5. The molecule has 3 atom stereocenters. The lowest BCUT2D eigenvalue weighted by Crippen LogP contribution is -2.42. The molecule has 5 nitrogen and oxygen atoms in total. The van der Waals surface area contributed by atoms with E-state index < -0.39 is 5.97 Å². The summed E-state index contributed by atoms with van der Waals surface area (Å²) in [4.78, 5) is 25.5. The van der Waals surface area contributed by atoms with Gasteiger partial charge < -0.3 is 14.2 Å². The summed E-state index contributed by atoms with van der Waals surface area (Å²) in [5.41, 5.74) is 1.89. The van der Waals surface area contributed by atoms with Gasteiger partial charge in [-0.2, -0.15) is 0 Å². The van der Waals surface area contributed by atoms with Gasteiger partial charge in [-0.05, 0) is 30.5 Å². The lowest BCUT2D eigenvalue weighted by molar-refractivity contribution is -0.126. The minimum absolute atomic E-state index is 0.108. The SMILES string of the molecule is COc1ccccc1C(=O)OC1CCC2C(=O)C(c3ccccc3)=COC2C1. The number of esters is 1. The van der Waals surface area contributed by atoms with E-state index in [0.29, 0.717) is 36.1 Å². The van der Waals surface area contributed by atoms with Crippen LogP contribution in [0.3, 0.4) is 0 Å². The lowest BCUT2D eigenvalue weighted by Gasteiger charge is -2.37. The van der Waals surface area contributed by atoms with Crippen molar-refractivity contribution in [3.63, 3.8) is 0 Å². The van der Waals surface area contributed by atoms with Gasteiger partial charge in [-0.15, -0.1) is 0 Å². The number of carbonyl (C=O) groups excluding carboxylic acids is 2. The molecular weight excluding hydrogens is 356 g/mol. The fourth-order valence-corrected chi connectivity index (χ4v) is 3.92. The molecular formula is C23H22O5. The van der Waals surface area contributed by atoms with E-state index in [9.17, 15) is 9.59 Å². The van der Waals surface area contributed by atoms with Crippen molar-refractivity contribution in [1.82, 2.24) is 0 Å². The van der Waals surface area contributed by atoms with Crippen molar-refractivity contribution >= 4 is 17.3 Å². The van der Waals surface area contributed by atoms with Gasteiger partial charge in [-0.25, -0.2) is 4.79 Å². The maximum atomic E-state index is 12.9. The Kier molecular flexibility index (Phi) is 5.15. The highest BCUT2D eigenvalue weighted by atomic mass is 16.5. The van der Waals surface area contributed by atoms with Gasteiger partial charge in [0.2, 0.25) is 0 Å². The van der Waals surface area contributed by atoms with Crippen molar-refractivity contribution < 1.29 is 23.8 Å². The van der Waals surface area contributed by atoms with E-state index >= 15 is 0 Å². The average Bonchev–Trinajstić information content (AvgIpc) is 2.74. The largest absolute Gasteiger partial charge is 0.496 e. The Balaban J connectivity index is 1.44. The van der Waals surface area contributed by atoms with Crippen LogP contribution in [0.4, 0.5) is 0 Å². The van der Waals surface area contributed by atoms with Gasteiger partial charge in [0.05, 0.1) is 24.9 Å². The number of para-hydroxylation sites is 1. The van der Waals surface area contributed by atoms with Gasteiger partial charge in [-0.3, -0.25) is 4.79 Å².